The summed E-state index contributed by atoms with van der Waals surface area (Å²) >= 11 is 0. The Bertz CT molecular complexity index is 585. The van der Waals surface area contributed by atoms with Gasteiger partial charge in [0.15, 0.2) is 5.78 Å². The molecule has 1 aromatic carbocycles. The first-order valence-corrected chi connectivity index (χ1v) is 7.16. The number of hydrogen-bond acceptors (Lipinski definition) is 2. The maximum Gasteiger partial charge on any atom is 0.174 e. The zero-order valence-electron chi connectivity index (χ0n) is 12.4. The minimum absolute atomic E-state index is 0.171. The predicted molar refractivity (Wildman–Crippen MR) is 82.0 cm³/mol. The summed E-state index contributed by atoms with van der Waals surface area (Å²) in [5.41, 5.74) is 2.37. The Morgan fingerprint density at radius 1 is 1.10 bits per heavy atom. The van der Waals surface area contributed by atoms with E-state index in [9.17, 15) is 4.79 Å². The van der Waals surface area contributed by atoms with Gasteiger partial charge in [-0.15, -0.1) is 0 Å². The van der Waals surface area contributed by atoms with Crippen molar-refractivity contribution >= 4 is 5.78 Å². The second-order valence-corrected chi connectivity index (χ2v) is 5.24. The second kappa shape index (κ2) is 6.00. The number of Topliss-reactive ketones (excluding diaryl/α,β-unsaturated/α-hetero) is 1. The Labute approximate surface area is 120 Å². The Morgan fingerprint density at radius 2 is 1.75 bits per heavy atom. The Hall–Kier alpha value is -1.96. The molecule has 0 aliphatic rings. The van der Waals surface area contributed by atoms with Gasteiger partial charge in [0.05, 0.1) is 5.41 Å². The van der Waals surface area contributed by atoms with Crippen LogP contribution in [0, 0.1) is 6.92 Å². The lowest BCUT2D eigenvalue weighted by atomic mass is 9.71. The van der Waals surface area contributed by atoms with Gasteiger partial charge >= 0.3 is 0 Å². The SMILES string of the molecule is CCC(CC)(C(=O)c1cncc(C)c1)c1ccccc1. The summed E-state index contributed by atoms with van der Waals surface area (Å²) < 4.78 is 0. The molecule has 104 valence electrons. The minimum atomic E-state index is -0.448. The standard InChI is InChI=1S/C18H21NO/c1-4-18(5-2,16-9-7-6-8-10-16)17(20)15-11-14(3)12-19-13-15/h6-13H,4-5H2,1-3H3. The first-order chi connectivity index (χ1) is 9.64. The van der Waals surface area contributed by atoms with Crippen LogP contribution in [0.3, 0.4) is 0 Å². The fourth-order valence-corrected chi connectivity index (χ4v) is 2.82. The van der Waals surface area contributed by atoms with Crippen molar-refractivity contribution in [1.82, 2.24) is 4.98 Å². The van der Waals surface area contributed by atoms with Crippen molar-refractivity contribution < 1.29 is 4.79 Å². The molecule has 2 rings (SSSR count). The molecule has 20 heavy (non-hydrogen) atoms. The average Bonchev–Trinajstić information content (AvgIpc) is 2.50. The molecule has 0 saturated carbocycles. The van der Waals surface area contributed by atoms with Crippen molar-refractivity contribution in [2.75, 3.05) is 0 Å². The maximum absolute atomic E-state index is 13.0. The first kappa shape index (κ1) is 14.4. The second-order valence-electron chi connectivity index (χ2n) is 5.24. The van der Waals surface area contributed by atoms with Gasteiger partial charge in [-0.3, -0.25) is 9.78 Å². The van der Waals surface area contributed by atoms with Crippen LogP contribution in [-0.4, -0.2) is 10.8 Å². The van der Waals surface area contributed by atoms with Crippen LogP contribution in [0.4, 0.5) is 0 Å². The van der Waals surface area contributed by atoms with Crippen molar-refractivity contribution in [3.8, 4) is 0 Å². The summed E-state index contributed by atoms with van der Waals surface area (Å²) in [5, 5.41) is 0. The normalized spacial score (nSPS) is 11.3. The van der Waals surface area contributed by atoms with Gasteiger partial charge in [-0.05, 0) is 37.0 Å². The van der Waals surface area contributed by atoms with Gasteiger partial charge < -0.3 is 0 Å². The molecular formula is C18H21NO. The summed E-state index contributed by atoms with van der Waals surface area (Å²) in [5.74, 6) is 0.171. The first-order valence-electron chi connectivity index (χ1n) is 7.16. The molecule has 0 bridgehead atoms. The highest BCUT2D eigenvalue weighted by atomic mass is 16.1. The third kappa shape index (κ3) is 2.51. The maximum atomic E-state index is 13.0. The van der Waals surface area contributed by atoms with Crippen molar-refractivity contribution in [2.24, 2.45) is 0 Å². The lowest BCUT2D eigenvalue weighted by molar-refractivity contribution is 0.0872. The number of aromatic nitrogens is 1. The highest BCUT2D eigenvalue weighted by Gasteiger charge is 2.37. The van der Waals surface area contributed by atoms with Crippen LogP contribution in [0.15, 0.2) is 48.8 Å². The quantitative estimate of drug-likeness (QED) is 0.755. The lowest BCUT2D eigenvalue weighted by Crippen LogP contribution is -2.35. The van der Waals surface area contributed by atoms with Crippen LogP contribution in [0.2, 0.25) is 0 Å². The van der Waals surface area contributed by atoms with Crippen LogP contribution >= 0.6 is 0 Å². The lowest BCUT2D eigenvalue weighted by Gasteiger charge is -2.30. The van der Waals surface area contributed by atoms with Crippen molar-refractivity contribution in [2.45, 2.75) is 39.0 Å². The van der Waals surface area contributed by atoms with Gasteiger partial charge in [0.25, 0.3) is 0 Å². The molecule has 0 atom stereocenters. The molecule has 0 aliphatic carbocycles. The molecule has 0 radical (unpaired) electrons. The third-order valence-electron chi connectivity index (χ3n) is 4.11. The number of benzene rings is 1. The van der Waals surface area contributed by atoms with Crippen LogP contribution < -0.4 is 0 Å². The van der Waals surface area contributed by atoms with E-state index in [0.29, 0.717) is 5.56 Å². The van der Waals surface area contributed by atoms with E-state index in [4.69, 9.17) is 0 Å². The number of aryl methyl sites for hydroxylation is 1. The molecule has 2 nitrogen and oxygen atoms in total. The van der Waals surface area contributed by atoms with E-state index in [1.165, 1.54) is 0 Å². The van der Waals surface area contributed by atoms with Crippen LogP contribution in [-0.2, 0) is 5.41 Å². The summed E-state index contributed by atoms with van der Waals surface area (Å²) in [6.45, 7) is 6.13. The summed E-state index contributed by atoms with van der Waals surface area (Å²) in [7, 11) is 0. The molecule has 1 aromatic heterocycles. The topological polar surface area (TPSA) is 30.0 Å². The number of carbonyl (C=O) groups is 1. The predicted octanol–water partition coefficient (Wildman–Crippen LogP) is 4.33. The molecule has 2 heteroatoms. The van der Waals surface area contributed by atoms with Gasteiger partial charge in [-0.25, -0.2) is 0 Å². The summed E-state index contributed by atoms with van der Waals surface area (Å²) in [6.07, 6.45) is 5.04. The largest absolute Gasteiger partial charge is 0.293 e. The van der Waals surface area contributed by atoms with E-state index in [0.717, 1.165) is 24.0 Å². The molecule has 0 unspecified atom stereocenters. The van der Waals surface area contributed by atoms with E-state index >= 15 is 0 Å². The Balaban J connectivity index is 2.51. The van der Waals surface area contributed by atoms with Gasteiger partial charge in [0.2, 0.25) is 0 Å². The van der Waals surface area contributed by atoms with Gasteiger partial charge in [0.1, 0.15) is 0 Å². The number of nitrogens with zero attached hydrogens (tertiary/aromatic N) is 1. The zero-order chi connectivity index (χ0) is 14.6. The Morgan fingerprint density at radius 3 is 2.30 bits per heavy atom. The van der Waals surface area contributed by atoms with Gasteiger partial charge in [-0.2, -0.15) is 0 Å². The summed E-state index contributed by atoms with van der Waals surface area (Å²) in [4.78, 5) is 17.2. The zero-order valence-corrected chi connectivity index (χ0v) is 12.4. The summed E-state index contributed by atoms with van der Waals surface area (Å²) in [6, 6.07) is 12.0. The van der Waals surface area contributed by atoms with E-state index in [2.05, 4.69) is 18.8 Å². The Kier molecular flexibility index (Phi) is 4.33. The number of hydrogen-bond donors (Lipinski definition) is 0. The molecule has 0 N–H and O–H groups in total. The van der Waals surface area contributed by atoms with Crippen molar-refractivity contribution in [1.29, 1.82) is 0 Å². The average molecular weight is 267 g/mol. The highest BCUT2D eigenvalue weighted by Crippen LogP contribution is 2.35. The van der Waals surface area contributed by atoms with Gasteiger partial charge in [0, 0.05) is 18.0 Å². The molecule has 0 fully saturated rings. The molecule has 0 aliphatic heterocycles. The molecular weight excluding hydrogens is 246 g/mol. The minimum Gasteiger partial charge on any atom is -0.293 e. The number of carbonyl (C=O) groups excluding carboxylic acids is 1. The molecule has 2 aromatic rings. The monoisotopic (exact) mass is 267 g/mol. The van der Waals surface area contributed by atoms with E-state index in [1.54, 1.807) is 12.4 Å². The number of rotatable bonds is 5. The fraction of sp³-hybridized carbons (Fsp3) is 0.333. The smallest absolute Gasteiger partial charge is 0.174 e. The third-order valence-corrected chi connectivity index (χ3v) is 4.11. The number of pyridine rings is 1. The van der Waals surface area contributed by atoms with Crippen molar-refractivity contribution in [3.63, 3.8) is 0 Å². The van der Waals surface area contributed by atoms with Crippen LogP contribution in [0.25, 0.3) is 0 Å². The van der Waals surface area contributed by atoms with E-state index in [1.807, 2.05) is 43.3 Å². The van der Waals surface area contributed by atoms with Crippen LogP contribution in [0.5, 0.6) is 0 Å². The van der Waals surface area contributed by atoms with Gasteiger partial charge in [-0.1, -0.05) is 44.2 Å². The molecule has 0 spiro atoms. The highest BCUT2D eigenvalue weighted by molar-refractivity contribution is 6.04. The fourth-order valence-electron chi connectivity index (χ4n) is 2.82. The molecule has 0 saturated heterocycles. The van der Waals surface area contributed by atoms with Crippen molar-refractivity contribution in [3.05, 3.63) is 65.5 Å². The molecule has 0 amide bonds. The molecule has 1 heterocycles. The van der Waals surface area contributed by atoms with Crippen LogP contribution in [0.1, 0.15) is 48.2 Å². The van der Waals surface area contributed by atoms with E-state index < -0.39 is 5.41 Å². The van der Waals surface area contributed by atoms with E-state index in [-0.39, 0.29) is 5.78 Å². The number of ketones is 1.